The summed E-state index contributed by atoms with van der Waals surface area (Å²) in [4.78, 5) is 16.3. The molecule has 6 heteroatoms. The fourth-order valence-corrected chi connectivity index (χ4v) is 2.41. The molecule has 1 aromatic heterocycles. The third-order valence-electron chi connectivity index (χ3n) is 2.57. The lowest BCUT2D eigenvalue weighted by molar-refractivity contribution is 0.102. The molecule has 0 aliphatic heterocycles. The molecular formula is C13H11BrIN3O. The number of hydrogen-bond acceptors (Lipinski definition) is 3. The molecule has 3 N–H and O–H groups in total. The van der Waals surface area contributed by atoms with E-state index in [0.717, 1.165) is 13.6 Å². The molecule has 0 radical (unpaired) electrons. The Morgan fingerprint density at radius 2 is 2.16 bits per heavy atom. The van der Waals surface area contributed by atoms with E-state index in [2.05, 4.69) is 48.8 Å². The van der Waals surface area contributed by atoms with Crippen molar-refractivity contribution < 1.29 is 4.79 Å². The van der Waals surface area contributed by atoms with Gasteiger partial charge in [0.1, 0.15) is 5.82 Å². The molecule has 0 aliphatic rings. The molecule has 98 valence electrons. The van der Waals surface area contributed by atoms with Gasteiger partial charge in [0.2, 0.25) is 0 Å². The number of nitrogens with two attached hydrogens (primary N) is 1. The number of nitrogens with one attached hydrogen (secondary N) is 1. The van der Waals surface area contributed by atoms with E-state index in [9.17, 15) is 4.79 Å². The van der Waals surface area contributed by atoms with Gasteiger partial charge < -0.3 is 11.1 Å². The van der Waals surface area contributed by atoms with E-state index in [1.54, 1.807) is 6.07 Å². The highest BCUT2D eigenvalue weighted by Gasteiger charge is 2.11. The number of aryl methyl sites for hydroxylation is 1. The van der Waals surface area contributed by atoms with Crippen LogP contribution >= 0.6 is 38.5 Å². The highest BCUT2D eigenvalue weighted by molar-refractivity contribution is 14.1. The number of nitrogens with zero attached hydrogens (tertiary/aromatic N) is 1. The van der Waals surface area contributed by atoms with Gasteiger partial charge in [0.25, 0.3) is 5.91 Å². The third kappa shape index (κ3) is 3.44. The van der Waals surface area contributed by atoms with Crippen LogP contribution in [0.5, 0.6) is 0 Å². The van der Waals surface area contributed by atoms with Crippen molar-refractivity contribution in [2.24, 2.45) is 0 Å². The van der Waals surface area contributed by atoms with E-state index in [0.29, 0.717) is 17.1 Å². The number of amides is 1. The number of pyridine rings is 1. The number of rotatable bonds is 2. The van der Waals surface area contributed by atoms with Crippen molar-refractivity contribution in [3.05, 3.63) is 49.6 Å². The van der Waals surface area contributed by atoms with Crippen LogP contribution in [0.25, 0.3) is 0 Å². The first-order chi connectivity index (χ1) is 8.97. The smallest absolute Gasteiger partial charge is 0.257 e. The van der Waals surface area contributed by atoms with Crippen LogP contribution in [0.2, 0.25) is 0 Å². The summed E-state index contributed by atoms with van der Waals surface area (Å²) in [5.74, 6) is 0.282. The number of carbonyl (C=O) groups is 1. The summed E-state index contributed by atoms with van der Waals surface area (Å²) in [5.41, 5.74) is 7.75. The first-order valence-corrected chi connectivity index (χ1v) is 7.33. The Morgan fingerprint density at radius 1 is 1.42 bits per heavy atom. The maximum absolute atomic E-state index is 12.2. The van der Waals surface area contributed by atoms with Crippen LogP contribution in [0.4, 0.5) is 11.5 Å². The molecule has 0 aliphatic carbocycles. The number of anilines is 2. The summed E-state index contributed by atoms with van der Waals surface area (Å²) in [6.07, 6.45) is 1.54. The fraction of sp³-hybridized carbons (Fsp3) is 0.0769. The van der Waals surface area contributed by atoms with E-state index in [1.807, 2.05) is 25.1 Å². The molecule has 0 unspecified atom stereocenters. The second kappa shape index (κ2) is 5.87. The van der Waals surface area contributed by atoms with Crippen molar-refractivity contribution in [3.8, 4) is 0 Å². The number of aromatic nitrogens is 1. The zero-order chi connectivity index (χ0) is 14.0. The zero-order valence-corrected chi connectivity index (χ0v) is 13.8. The summed E-state index contributed by atoms with van der Waals surface area (Å²) in [6.45, 7) is 1.87. The number of benzene rings is 1. The fourth-order valence-electron chi connectivity index (χ4n) is 1.49. The molecule has 0 bridgehead atoms. The monoisotopic (exact) mass is 431 g/mol. The molecule has 4 nitrogen and oxygen atoms in total. The van der Waals surface area contributed by atoms with Crippen molar-refractivity contribution in [2.45, 2.75) is 6.92 Å². The third-order valence-corrected chi connectivity index (χ3v) is 3.93. The first kappa shape index (κ1) is 14.3. The SMILES string of the molecule is Cc1cc(NC(=O)c2cc(I)ccc2Br)ncc1N. The van der Waals surface area contributed by atoms with Gasteiger partial charge in [0.05, 0.1) is 17.4 Å². The van der Waals surface area contributed by atoms with Crippen LogP contribution in [-0.2, 0) is 0 Å². The predicted octanol–water partition coefficient (Wildman–Crippen LogP) is 3.59. The van der Waals surface area contributed by atoms with Crippen LogP contribution in [-0.4, -0.2) is 10.9 Å². The molecule has 0 fully saturated rings. The number of hydrogen-bond donors (Lipinski definition) is 2. The van der Waals surface area contributed by atoms with Crippen molar-refractivity contribution >= 4 is 55.9 Å². The van der Waals surface area contributed by atoms with Crippen LogP contribution in [0.1, 0.15) is 15.9 Å². The minimum absolute atomic E-state index is 0.206. The van der Waals surface area contributed by atoms with Gasteiger partial charge >= 0.3 is 0 Å². The molecule has 1 amide bonds. The van der Waals surface area contributed by atoms with Gasteiger partial charge in [-0.3, -0.25) is 4.79 Å². The van der Waals surface area contributed by atoms with Crippen LogP contribution in [0, 0.1) is 10.5 Å². The average Bonchev–Trinajstić information content (AvgIpc) is 2.36. The Balaban J connectivity index is 2.25. The Morgan fingerprint density at radius 3 is 2.84 bits per heavy atom. The topological polar surface area (TPSA) is 68.0 Å². The summed E-state index contributed by atoms with van der Waals surface area (Å²) < 4.78 is 1.74. The van der Waals surface area contributed by atoms with Gasteiger partial charge in [-0.1, -0.05) is 0 Å². The molecule has 2 rings (SSSR count). The molecule has 0 spiro atoms. The second-order valence-electron chi connectivity index (χ2n) is 4.00. The summed E-state index contributed by atoms with van der Waals surface area (Å²) >= 11 is 5.53. The van der Waals surface area contributed by atoms with Gasteiger partial charge in [-0.2, -0.15) is 0 Å². The minimum Gasteiger partial charge on any atom is -0.397 e. The van der Waals surface area contributed by atoms with E-state index in [-0.39, 0.29) is 5.91 Å². The summed E-state index contributed by atoms with van der Waals surface area (Å²) in [5, 5.41) is 2.76. The zero-order valence-electron chi connectivity index (χ0n) is 10.1. The molecule has 1 heterocycles. The average molecular weight is 432 g/mol. The lowest BCUT2D eigenvalue weighted by atomic mass is 10.2. The quantitative estimate of drug-likeness (QED) is 0.714. The Labute approximate surface area is 133 Å². The van der Waals surface area contributed by atoms with Gasteiger partial charge in [0, 0.05) is 8.04 Å². The predicted molar refractivity (Wildman–Crippen MR) is 88.2 cm³/mol. The largest absolute Gasteiger partial charge is 0.397 e. The van der Waals surface area contributed by atoms with Crippen LogP contribution in [0.3, 0.4) is 0 Å². The normalized spacial score (nSPS) is 10.3. The maximum Gasteiger partial charge on any atom is 0.257 e. The van der Waals surface area contributed by atoms with E-state index < -0.39 is 0 Å². The molecule has 0 saturated heterocycles. The van der Waals surface area contributed by atoms with Crippen molar-refractivity contribution in [2.75, 3.05) is 11.1 Å². The van der Waals surface area contributed by atoms with Gasteiger partial charge in [-0.05, 0) is 75.3 Å². The van der Waals surface area contributed by atoms with E-state index in [1.165, 1.54) is 6.20 Å². The van der Waals surface area contributed by atoms with Crippen molar-refractivity contribution in [3.63, 3.8) is 0 Å². The summed E-state index contributed by atoms with van der Waals surface area (Å²) in [6, 6.07) is 7.32. The van der Waals surface area contributed by atoms with Gasteiger partial charge in [0.15, 0.2) is 0 Å². The number of halogens is 2. The van der Waals surface area contributed by atoms with Crippen molar-refractivity contribution in [1.82, 2.24) is 4.98 Å². The number of carbonyl (C=O) groups excluding carboxylic acids is 1. The summed E-state index contributed by atoms with van der Waals surface area (Å²) in [7, 11) is 0. The Kier molecular flexibility index (Phi) is 4.41. The number of nitrogen functional groups attached to an aromatic ring is 1. The molecule has 0 saturated carbocycles. The highest BCUT2D eigenvalue weighted by atomic mass is 127. The van der Waals surface area contributed by atoms with Crippen LogP contribution < -0.4 is 11.1 Å². The minimum atomic E-state index is -0.206. The highest BCUT2D eigenvalue weighted by Crippen LogP contribution is 2.21. The van der Waals surface area contributed by atoms with E-state index >= 15 is 0 Å². The van der Waals surface area contributed by atoms with Gasteiger partial charge in [-0.25, -0.2) is 4.98 Å². The molecule has 1 aromatic carbocycles. The Bertz CT molecular complexity index is 646. The molecule has 2 aromatic rings. The van der Waals surface area contributed by atoms with Gasteiger partial charge in [-0.15, -0.1) is 0 Å². The second-order valence-corrected chi connectivity index (χ2v) is 6.10. The van der Waals surface area contributed by atoms with E-state index in [4.69, 9.17) is 5.73 Å². The van der Waals surface area contributed by atoms with Crippen molar-refractivity contribution in [1.29, 1.82) is 0 Å². The van der Waals surface area contributed by atoms with Crippen LogP contribution in [0.15, 0.2) is 34.9 Å². The molecular weight excluding hydrogens is 421 g/mol. The molecule has 19 heavy (non-hydrogen) atoms. The Hall–Kier alpha value is -1.15. The lowest BCUT2D eigenvalue weighted by Crippen LogP contribution is -2.14. The maximum atomic E-state index is 12.2. The first-order valence-electron chi connectivity index (χ1n) is 5.46. The lowest BCUT2D eigenvalue weighted by Gasteiger charge is -2.08. The standard InChI is InChI=1S/C13H11BrIN3O/c1-7-4-12(17-6-11(7)16)18-13(19)9-5-8(15)2-3-10(9)14/h2-6H,16H2,1H3,(H,17,18,19). The molecule has 0 atom stereocenters.